The van der Waals surface area contributed by atoms with Crippen molar-refractivity contribution in [3.05, 3.63) is 17.2 Å². The first-order chi connectivity index (χ1) is 9.06. The number of fused-ring (bicyclic) bond motifs is 1. The molecule has 1 atom stereocenters. The summed E-state index contributed by atoms with van der Waals surface area (Å²) < 4.78 is 2.14. The van der Waals surface area contributed by atoms with Crippen molar-refractivity contribution >= 4 is 5.91 Å². The fraction of sp³-hybridized carbons (Fsp3) is 0.714. The quantitative estimate of drug-likeness (QED) is 0.863. The Bertz CT molecular complexity index is 464. The average molecular weight is 264 g/mol. The fourth-order valence-electron chi connectivity index (χ4n) is 2.63. The number of nitrogens with one attached hydrogen (secondary N) is 2. The molecule has 5 nitrogen and oxygen atoms in total. The molecule has 5 heteroatoms. The molecule has 1 aliphatic heterocycles. The van der Waals surface area contributed by atoms with E-state index < -0.39 is 0 Å². The van der Waals surface area contributed by atoms with E-state index in [2.05, 4.69) is 29.0 Å². The van der Waals surface area contributed by atoms with Crippen LogP contribution in [0.3, 0.4) is 0 Å². The number of hydrogen-bond acceptors (Lipinski definition) is 3. The van der Waals surface area contributed by atoms with Gasteiger partial charge in [-0.2, -0.15) is 0 Å². The van der Waals surface area contributed by atoms with Crippen LogP contribution in [0.4, 0.5) is 0 Å². The molecule has 1 aromatic rings. The van der Waals surface area contributed by atoms with Crippen LogP contribution in [-0.2, 0) is 17.8 Å². The SMILES string of the molecule is CCNC(=O)C(C)n1c(C(C)C)nc2c1CCNC2. The lowest BCUT2D eigenvalue weighted by atomic mass is 10.1. The van der Waals surface area contributed by atoms with E-state index in [9.17, 15) is 4.79 Å². The van der Waals surface area contributed by atoms with E-state index in [0.717, 1.165) is 31.0 Å². The van der Waals surface area contributed by atoms with Crippen LogP contribution in [0.2, 0.25) is 0 Å². The van der Waals surface area contributed by atoms with Crippen molar-refractivity contribution in [3.63, 3.8) is 0 Å². The zero-order chi connectivity index (χ0) is 14.0. The molecule has 0 fully saturated rings. The third kappa shape index (κ3) is 2.66. The van der Waals surface area contributed by atoms with Gasteiger partial charge in [0.15, 0.2) is 0 Å². The van der Waals surface area contributed by atoms with Gasteiger partial charge in [0.1, 0.15) is 11.9 Å². The Morgan fingerprint density at radius 2 is 2.21 bits per heavy atom. The summed E-state index contributed by atoms with van der Waals surface area (Å²) >= 11 is 0. The highest BCUT2D eigenvalue weighted by Gasteiger charge is 2.26. The van der Waals surface area contributed by atoms with E-state index in [0.29, 0.717) is 12.5 Å². The summed E-state index contributed by atoms with van der Waals surface area (Å²) in [5.74, 6) is 1.41. The predicted molar refractivity (Wildman–Crippen MR) is 75.1 cm³/mol. The van der Waals surface area contributed by atoms with Gasteiger partial charge >= 0.3 is 0 Å². The summed E-state index contributed by atoms with van der Waals surface area (Å²) in [6, 6.07) is -0.188. The Kier molecular flexibility index (Phi) is 4.24. The lowest BCUT2D eigenvalue weighted by Crippen LogP contribution is -2.33. The summed E-state index contributed by atoms with van der Waals surface area (Å²) in [7, 11) is 0. The minimum atomic E-state index is -0.188. The molecule has 1 aliphatic rings. The minimum Gasteiger partial charge on any atom is -0.355 e. The standard InChI is InChI=1S/C14H24N4O/c1-5-16-14(19)10(4)18-12-6-7-15-8-11(12)17-13(18)9(2)3/h9-10,15H,5-8H2,1-4H3,(H,16,19). The highest BCUT2D eigenvalue weighted by Crippen LogP contribution is 2.25. The molecule has 2 N–H and O–H groups in total. The lowest BCUT2D eigenvalue weighted by molar-refractivity contribution is -0.123. The van der Waals surface area contributed by atoms with Crippen LogP contribution in [0, 0.1) is 0 Å². The molecule has 0 saturated heterocycles. The Morgan fingerprint density at radius 1 is 1.47 bits per heavy atom. The lowest BCUT2D eigenvalue weighted by Gasteiger charge is -2.22. The maximum Gasteiger partial charge on any atom is 0.242 e. The van der Waals surface area contributed by atoms with E-state index in [-0.39, 0.29) is 11.9 Å². The first-order valence-corrected chi connectivity index (χ1v) is 7.14. The number of hydrogen-bond donors (Lipinski definition) is 2. The second-order valence-corrected chi connectivity index (χ2v) is 5.39. The van der Waals surface area contributed by atoms with Crippen LogP contribution in [0.15, 0.2) is 0 Å². The normalized spacial score (nSPS) is 16.3. The minimum absolute atomic E-state index is 0.0723. The van der Waals surface area contributed by atoms with E-state index in [1.165, 1.54) is 5.69 Å². The topological polar surface area (TPSA) is 59.0 Å². The van der Waals surface area contributed by atoms with Gasteiger partial charge in [0, 0.05) is 37.7 Å². The molecule has 106 valence electrons. The van der Waals surface area contributed by atoms with Crippen molar-refractivity contribution in [2.45, 2.75) is 52.6 Å². The summed E-state index contributed by atoms with van der Waals surface area (Å²) in [4.78, 5) is 16.9. The molecule has 2 rings (SSSR count). The highest BCUT2D eigenvalue weighted by molar-refractivity contribution is 5.80. The molecule has 0 aromatic carbocycles. The van der Waals surface area contributed by atoms with Crippen LogP contribution >= 0.6 is 0 Å². The van der Waals surface area contributed by atoms with Crippen molar-refractivity contribution in [2.24, 2.45) is 0 Å². The van der Waals surface area contributed by atoms with Crippen LogP contribution in [0.1, 0.15) is 56.9 Å². The zero-order valence-electron chi connectivity index (χ0n) is 12.3. The third-order valence-electron chi connectivity index (χ3n) is 3.59. The van der Waals surface area contributed by atoms with Crippen LogP contribution in [0.5, 0.6) is 0 Å². The number of imidazole rings is 1. The molecule has 0 saturated carbocycles. The van der Waals surface area contributed by atoms with E-state index in [1.807, 2.05) is 13.8 Å². The van der Waals surface area contributed by atoms with Gasteiger partial charge in [-0.15, -0.1) is 0 Å². The number of carbonyl (C=O) groups is 1. The van der Waals surface area contributed by atoms with E-state index in [4.69, 9.17) is 4.98 Å². The van der Waals surface area contributed by atoms with Crippen LogP contribution < -0.4 is 10.6 Å². The highest BCUT2D eigenvalue weighted by atomic mass is 16.2. The van der Waals surface area contributed by atoms with Gasteiger partial charge in [-0.25, -0.2) is 4.98 Å². The van der Waals surface area contributed by atoms with Crippen molar-refractivity contribution in [1.82, 2.24) is 20.2 Å². The molecule has 0 aliphatic carbocycles. The Labute approximate surface area is 114 Å². The van der Waals surface area contributed by atoms with Crippen molar-refractivity contribution in [2.75, 3.05) is 13.1 Å². The molecule has 1 aromatic heterocycles. The molecular formula is C14H24N4O. The van der Waals surface area contributed by atoms with Gasteiger partial charge in [-0.3, -0.25) is 4.79 Å². The van der Waals surface area contributed by atoms with Gasteiger partial charge < -0.3 is 15.2 Å². The predicted octanol–water partition coefficient (Wildman–Crippen LogP) is 1.35. The van der Waals surface area contributed by atoms with E-state index >= 15 is 0 Å². The maximum atomic E-state index is 12.1. The van der Waals surface area contributed by atoms with Gasteiger partial charge in [-0.1, -0.05) is 13.8 Å². The fourth-order valence-corrected chi connectivity index (χ4v) is 2.63. The van der Waals surface area contributed by atoms with Gasteiger partial charge in [0.05, 0.1) is 5.69 Å². The van der Waals surface area contributed by atoms with E-state index in [1.54, 1.807) is 0 Å². The Hall–Kier alpha value is -1.36. The number of rotatable bonds is 4. The van der Waals surface area contributed by atoms with Gasteiger partial charge in [-0.05, 0) is 13.8 Å². The molecule has 1 unspecified atom stereocenters. The van der Waals surface area contributed by atoms with Crippen molar-refractivity contribution in [1.29, 1.82) is 0 Å². The first kappa shape index (κ1) is 14.1. The molecule has 0 bridgehead atoms. The third-order valence-corrected chi connectivity index (χ3v) is 3.59. The number of aromatic nitrogens is 2. The Morgan fingerprint density at radius 3 is 2.84 bits per heavy atom. The molecule has 19 heavy (non-hydrogen) atoms. The summed E-state index contributed by atoms with van der Waals surface area (Å²) in [6.07, 6.45) is 0.943. The molecule has 1 amide bonds. The first-order valence-electron chi connectivity index (χ1n) is 7.14. The van der Waals surface area contributed by atoms with Crippen molar-refractivity contribution in [3.8, 4) is 0 Å². The number of carbonyl (C=O) groups excluding carboxylic acids is 1. The number of nitrogens with zero attached hydrogens (tertiary/aromatic N) is 2. The number of amides is 1. The average Bonchev–Trinajstić information content (AvgIpc) is 2.77. The second-order valence-electron chi connectivity index (χ2n) is 5.39. The maximum absolute atomic E-state index is 12.1. The smallest absolute Gasteiger partial charge is 0.242 e. The molecule has 0 radical (unpaired) electrons. The number of likely N-dealkylation sites (N-methyl/N-ethyl adjacent to an activating group) is 1. The van der Waals surface area contributed by atoms with Crippen LogP contribution in [-0.4, -0.2) is 28.5 Å². The Balaban J connectivity index is 2.41. The second kappa shape index (κ2) is 5.74. The monoisotopic (exact) mass is 264 g/mol. The van der Waals surface area contributed by atoms with Crippen LogP contribution in [0.25, 0.3) is 0 Å². The molecular weight excluding hydrogens is 240 g/mol. The van der Waals surface area contributed by atoms with Gasteiger partial charge in [0.25, 0.3) is 0 Å². The summed E-state index contributed by atoms with van der Waals surface area (Å²) in [5, 5.41) is 6.24. The summed E-state index contributed by atoms with van der Waals surface area (Å²) in [5.41, 5.74) is 2.33. The van der Waals surface area contributed by atoms with Crippen molar-refractivity contribution < 1.29 is 4.79 Å². The molecule has 0 spiro atoms. The largest absolute Gasteiger partial charge is 0.355 e. The summed E-state index contributed by atoms with van der Waals surface area (Å²) in [6.45, 7) is 10.6. The van der Waals surface area contributed by atoms with Gasteiger partial charge in [0.2, 0.25) is 5.91 Å². The zero-order valence-corrected chi connectivity index (χ0v) is 12.3. The molecule has 2 heterocycles.